The molecule has 1 aliphatic heterocycles. The zero-order chi connectivity index (χ0) is 24.0. The second kappa shape index (κ2) is 10.5. The van der Waals surface area contributed by atoms with Crippen LogP contribution < -0.4 is 25.8 Å². The highest BCUT2D eigenvalue weighted by molar-refractivity contribution is 5.96. The van der Waals surface area contributed by atoms with E-state index in [2.05, 4.69) is 10.6 Å². The van der Waals surface area contributed by atoms with Crippen molar-refractivity contribution in [1.82, 2.24) is 5.32 Å². The van der Waals surface area contributed by atoms with Crippen LogP contribution in [0.15, 0.2) is 42.5 Å². The van der Waals surface area contributed by atoms with Crippen LogP contribution in [0.4, 0.5) is 5.69 Å². The van der Waals surface area contributed by atoms with Crippen LogP contribution >= 0.6 is 0 Å². The molecule has 2 amide bonds. The molecule has 2 aromatic rings. The van der Waals surface area contributed by atoms with E-state index in [4.69, 9.17) is 20.6 Å². The monoisotopic (exact) mass is 456 g/mol. The van der Waals surface area contributed by atoms with Crippen LogP contribution in [0.5, 0.6) is 11.5 Å². The standard InChI is InChI=1S/C22H24N4O7/c23-22(24)12-1-4-14(5-2-12)25-18(27)7-8-19(28)26-15(10-20(29)30)21(31)13-3-6-16-17(9-13)33-11-32-16/h1-6,9,15,21,31H,7-8,10-11H2,(H3,23,24)(H,25,27)(H,26,28)(H,29,30)/t15-,21?/m0/s1. The molecule has 0 fully saturated rings. The van der Waals surface area contributed by atoms with E-state index in [-0.39, 0.29) is 25.5 Å². The summed E-state index contributed by atoms with van der Waals surface area (Å²) in [5.41, 5.74) is 6.73. The smallest absolute Gasteiger partial charge is 0.305 e. The maximum atomic E-state index is 12.4. The first-order valence-corrected chi connectivity index (χ1v) is 10.1. The van der Waals surface area contributed by atoms with Gasteiger partial charge in [-0.05, 0) is 42.0 Å². The summed E-state index contributed by atoms with van der Waals surface area (Å²) < 4.78 is 10.5. The van der Waals surface area contributed by atoms with E-state index in [0.29, 0.717) is 28.3 Å². The lowest BCUT2D eigenvalue weighted by atomic mass is 9.99. The number of nitrogens with two attached hydrogens (primary N) is 1. The number of fused-ring (bicyclic) bond motifs is 1. The van der Waals surface area contributed by atoms with Crippen LogP contribution in [-0.2, 0) is 14.4 Å². The number of carboxylic acids is 1. The number of carbonyl (C=O) groups excluding carboxylic acids is 2. The van der Waals surface area contributed by atoms with Gasteiger partial charge in [-0.25, -0.2) is 0 Å². The number of carbonyl (C=O) groups is 3. The molecule has 0 bridgehead atoms. The van der Waals surface area contributed by atoms with E-state index in [0.717, 1.165) is 0 Å². The summed E-state index contributed by atoms with van der Waals surface area (Å²) in [6.45, 7) is 0.0487. The third-order valence-electron chi connectivity index (χ3n) is 4.92. The Hall–Kier alpha value is -4.12. The van der Waals surface area contributed by atoms with Gasteiger partial charge < -0.3 is 36.1 Å². The fraction of sp³-hybridized carbons (Fsp3) is 0.273. The van der Waals surface area contributed by atoms with Gasteiger partial charge in [-0.15, -0.1) is 0 Å². The number of nitrogens with one attached hydrogen (secondary N) is 3. The maximum absolute atomic E-state index is 12.4. The Morgan fingerprint density at radius 3 is 2.36 bits per heavy atom. The van der Waals surface area contributed by atoms with Crippen LogP contribution in [-0.4, -0.2) is 46.7 Å². The number of aliphatic carboxylic acids is 1. The number of ether oxygens (including phenoxy) is 2. The highest BCUT2D eigenvalue weighted by atomic mass is 16.7. The van der Waals surface area contributed by atoms with Gasteiger partial charge in [0.1, 0.15) is 5.84 Å². The summed E-state index contributed by atoms with van der Waals surface area (Å²) in [6, 6.07) is 9.89. The Morgan fingerprint density at radius 2 is 1.70 bits per heavy atom. The molecule has 11 heteroatoms. The van der Waals surface area contributed by atoms with Crippen molar-refractivity contribution in [3.8, 4) is 11.5 Å². The van der Waals surface area contributed by atoms with Gasteiger partial charge in [0.25, 0.3) is 0 Å². The molecule has 3 rings (SSSR count). The third kappa shape index (κ3) is 6.43. The zero-order valence-electron chi connectivity index (χ0n) is 17.5. The largest absolute Gasteiger partial charge is 0.481 e. The summed E-state index contributed by atoms with van der Waals surface area (Å²) >= 11 is 0. The van der Waals surface area contributed by atoms with Gasteiger partial charge >= 0.3 is 5.97 Å². The Morgan fingerprint density at radius 1 is 1.03 bits per heavy atom. The predicted molar refractivity (Wildman–Crippen MR) is 117 cm³/mol. The maximum Gasteiger partial charge on any atom is 0.305 e. The number of aliphatic hydroxyl groups is 1. The second-order valence-corrected chi connectivity index (χ2v) is 7.37. The molecule has 1 unspecified atom stereocenters. The first-order valence-electron chi connectivity index (χ1n) is 10.1. The van der Waals surface area contributed by atoms with E-state index in [9.17, 15) is 24.6 Å². The first kappa shape index (κ1) is 23.5. The molecule has 0 radical (unpaired) electrons. The van der Waals surface area contributed by atoms with Crippen molar-refractivity contribution >= 4 is 29.3 Å². The summed E-state index contributed by atoms with van der Waals surface area (Å²) in [7, 11) is 0. The highest BCUT2D eigenvalue weighted by Gasteiger charge is 2.27. The van der Waals surface area contributed by atoms with E-state index in [1.807, 2.05) is 0 Å². The molecule has 1 aliphatic rings. The minimum absolute atomic E-state index is 0.0487. The number of rotatable bonds is 10. The quantitative estimate of drug-likeness (QED) is 0.227. The molecule has 0 spiro atoms. The third-order valence-corrected chi connectivity index (χ3v) is 4.92. The molecule has 11 nitrogen and oxygen atoms in total. The van der Waals surface area contributed by atoms with Crippen molar-refractivity contribution in [3.05, 3.63) is 53.6 Å². The number of anilines is 1. The van der Waals surface area contributed by atoms with Gasteiger partial charge in [-0.2, -0.15) is 0 Å². The van der Waals surface area contributed by atoms with Gasteiger partial charge in [0.2, 0.25) is 18.6 Å². The van der Waals surface area contributed by atoms with E-state index in [1.165, 1.54) is 6.07 Å². The Balaban J connectivity index is 1.55. The van der Waals surface area contributed by atoms with Crippen molar-refractivity contribution in [2.75, 3.05) is 12.1 Å². The van der Waals surface area contributed by atoms with Crippen LogP contribution in [0.25, 0.3) is 0 Å². The van der Waals surface area contributed by atoms with Gasteiger partial charge in [0, 0.05) is 24.1 Å². The fourth-order valence-electron chi connectivity index (χ4n) is 3.22. The van der Waals surface area contributed by atoms with Gasteiger partial charge in [-0.3, -0.25) is 19.8 Å². The SMILES string of the molecule is N=C(N)c1ccc(NC(=O)CCC(=O)N[C@@H](CC(=O)O)C(O)c2ccc3c(c2)OCO3)cc1. The second-order valence-electron chi connectivity index (χ2n) is 7.37. The van der Waals surface area contributed by atoms with Crippen molar-refractivity contribution in [3.63, 3.8) is 0 Å². The number of hydrogen-bond donors (Lipinski definition) is 6. The molecule has 0 aliphatic carbocycles. The van der Waals surface area contributed by atoms with Crippen LogP contribution in [0.3, 0.4) is 0 Å². The molecule has 1 heterocycles. The molecule has 0 aromatic heterocycles. The molecular formula is C22H24N4O7. The molecular weight excluding hydrogens is 432 g/mol. The summed E-state index contributed by atoms with van der Waals surface area (Å²) in [6.07, 6.45) is -2.19. The lowest BCUT2D eigenvalue weighted by Gasteiger charge is -2.23. The number of amides is 2. The van der Waals surface area contributed by atoms with Gasteiger partial charge in [0.15, 0.2) is 11.5 Å². The van der Waals surface area contributed by atoms with Crippen LogP contribution in [0.2, 0.25) is 0 Å². The minimum atomic E-state index is -1.31. The zero-order valence-corrected chi connectivity index (χ0v) is 17.5. The van der Waals surface area contributed by atoms with Gasteiger partial charge in [0.05, 0.1) is 18.6 Å². The number of aliphatic hydroxyl groups excluding tert-OH is 1. The topological polar surface area (TPSA) is 184 Å². The molecule has 2 aromatic carbocycles. The number of carboxylic acid groups (broad SMARTS) is 1. The van der Waals surface area contributed by atoms with Gasteiger partial charge in [-0.1, -0.05) is 6.07 Å². The molecule has 7 N–H and O–H groups in total. The highest BCUT2D eigenvalue weighted by Crippen LogP contribution is 2.35. The van der Waals surface area contributed by atoms with Crippen molar-refractivity contribution in [1.29, 1.82) is 5.41 Å². The lowest BCUT2D eigenvalue weighted by molar-refractivity contribution is -0.138. The molecule has 33 heavy (non-hydrogen) atoms. The molecule has 2 atom stereocenters. The van der Waals surface area contributed by atoms with Crippen molar-refractivity contribution < 1.29 is 34.1 Å². The van der Waals surface area contributed by atoms with Crippen LogP contribution in [0, 0.1) is 5.41 Å². The average Bonchev–Trinajstić information content (AvgIpc) is 3.25. The number of hydrogen-bond acceptors (Lipinski definition) is 7. The lowest BCUT2D eigenvalue weighted by Crippen LogP contribution is -2.41. The van der Waals surface area contributed by atoms with E-state index < -0.39 is 36.4 Å². The van der Waals surface area contributed by atoms with Crippen molar-refractivity contribution in [2.24, 2.45) is 5.73 Å². The van der Waals surface area contributed by atoms with E-state index in [1.54, 1.807) is 36.4 Å². The Kier molecular flexibility index (Phi) is 7.46. The summed E-state index contributed by atoms with van der Waals surface area (Å²) in [5.74, 6) is -1.38. The fourth-order valence-corrected chi connectivity index (χ4v) is 3.22. The number of nitrogen functional groups attached to an aromatic ring is 1. The first-order chi connectivity index (χ1) is 15.7. The van der Waals surface area contributed by atoms with Crippen LogP contribution in [0.1, 0.15) is 36.5 Å². The van der Waals surface area contributed by atoms with Crippen molar-refractivity contribution in [2.45, 2.75) is 31.4 Å². The molecule has 174 valence electrons. The molecule has 0 saturated carbocycles. The van der Waals surface area contributed by atoms with E-state index >= 15 is 0 Å². The summed E-state index contributed by atoms with van der Waals surface area (Å²) in [5, 5.41) is 32.3. The number of benzene rings is 2. The average molecular weight is 456 g/mol. The predicted octanol–water partition coefficient (Wildman–Crippen LogP) is 1.11. The summed E-state index contributed by atoms with van der Waals surface area (Å²) in [4.78, 5) is 35.8. The Bertz CT molecular complexity index is 1060. The number of amidine groups is 1. The Labute approximate surface area is 189 Å². The molecule has 0 saturated heterocycles. The normalized spacial score (nSPS) is 13.6. The minimum Gasteiger partial charge on any atom is -0.481 e.